The van der Waals surface area contributed by atoms with Crippen molar-refractivity contribution in [1.82, 2.24) is 0 Å². The molecule has 0 aromatic rings. The summed E-state index contributed by atoms with van der Waals surface area (Å²) < 4.78 is 0. The van der Waals surface area contributed by atoms with Crippen LogP contribution < -0.4 is 0 Å². The molecule has 0 amide bonds. The molecule has 0 spiro atoms. The molecule has 0 unspecified atom stereocenters. The van der Waals surface area contributed by atoms with E-state index in [2.05, 4.69) is 0 Å². The molecule has 0 aliphatic carbocycles. The standard InChI is InChI=1S/Mg.3H2O.Sn/h;3*1H2;/q+2;;;;/p-2. The molecule has 0 heterocycles. The van der Waals surface area contributed by atoms with Gasteiger partial charge in [-0.3, -0.25) is 0 Å². The van der Waals surface area contributed by atoms with Crippen molar-refractivity contribution in [2.75, 3.05) is 0 Å². The Labute approximate surface area is 63.2 Å². The molecule has 3 nitrogen and oxygen atoms in total. The van der Waals surface area contributed by atoms with Gasteiger partial charge in [0.2, 0.25) is 0 Å². The van der Waals surface area contributed by atoms with Crippen LogP contribution in [0.4, 0.5) is 0 Å². The summed E-state index contributed by atoms with van der Waals surface area (Å²) >= 11 is 0. The quantitative estimate of drug-likeness (QED) is 0.420. The second-order valence-corrected chi connectivity index (χ2v) is 0. The summed E-state index contributed by atoms with van der Waals surface area (Å²) in [4.78, 5) is 0. The van der Waals surface area contributed by atoms with Crippen LogP contribution in [0.25, 0.3) is 0 Å². The molecule has 0 fully saturated rings. The fraction of sp³-hybridized carbons (Fsp3) is 0. The summed E-state index contributed by atoms with van der Waals surface area (Å²) in [6.07, 6.45) is 0. The van der Waals surface area contributed by atoms with Crippen LogP contribution in [0.1, 0.15) is 0 Å². The largest absolute Gasteiger partial charge is 2.00 e. The Morgan fingerprint density at radius 3 is 0.800 bits per heavy atom. The van der Waals surface area contributed by atoms with Gasteiger partial charge < -0.3 is 16.4 Å². The van der Waals surface area contributed by atoms with Crippen molar-refractivity contribution < 1.29 is 16.4 Å². The second-order valence-electron chi connectivity index (χ2n) is 0. The molecule has 4 N–H and O–H groups in total. The molecule has 28 valence electrons. The fourth-order valence-corrected chi connectivity index (χ4v) is 0. The molecule has 0 aliphatic rings. The van der Waals surface area contributed by atoms with Gasteiger partial charge in [0.25, 0.3) is 0 Å². The average molecular weight is 195 g/mol. The van der Waals surface area contributed by atoms with E-state index >= 15 is 0 Å². The van der Waals surface area contributed by atoms with E-state index < -0.39 is 0 Å². The van der Waals surface area contributed by atoms with E-state index in [4.69, 9.17) is 0 Å². The van der Waals surface area contributed by atoms with Crippen LogP contribution >= 0.6 is 0 Å². The molecule has 0 bridgehead atoms. The Balaban J connectivity index is 0. The molecule has 0 saturated carbocycles. The predicted molar refractivity (Wildman–Crippen MR) is 19.0 cm³/mol. The first-order chi connectivity index (χ1) is 0. The molecule has 0 aliphatic heterocycles. The van der Waals surface area contributed by atoms with Gasteiger partial charge in [-0.15, -0.1) is 0 Å². The SMILES string of the molecule is O.[Mg+2].[OH-].[OH-].[Sn]. The molecular weight excluding hydrogens is 191 g/mol. The van der Waals surface area contributed by atoms with Gasteiger partial charge in [-0.2, -0.15) is 0 Å². The monoisotopic (exact) mass is 196 g/mol. The van der Waals surface area contributed by atoms with Gasteiger partial charge in [-0.05, 0) is 0 Å². The fourth-order valence-electron chi connectivity index (χ4n) is 0. The zero-order valence-electron chi connectivity index (χ0n) is 2.60. The maximum atomic E-state index is 0. The smallest absolute Gasteiger partial charge is 0.870 e. The third-order valence-electron chi connectivity index (χ3n) is 0. The molecule has 0 atom stereocenters. The third kappa shape index (κ3) is 30.9. The number of hydrogen-bond acceptors (Lipinski definition) is 2. The van der Waals surface area contributed by atoms with Gasteiger partial charge in [0.1, 0.15) is 0 Å². The summed E-state index contributed by atoms with van der Waals surface area (Å²) in [5.41, 5.74) is 0. The summed E-state index contributed by atoms with van der Waals surface area (Å²) in [5, 5.41) is 0. The van der Waals surface area contributed by atoms with Gasteiger partial charge in [-0.25, -0.2) is 0 Å². The zero-order chi connectivity index (χ0) is 0. The van der Waals surface area contributed by atoms with Gasteiger partial charge in [-0.1, -0.05) is 0 Å². The summed E-state index contributed by atoms with van der Waals surface area (Å²) in [5.74, 6) is 0. The van der Waals surface area contributed by atoms with Crippen LogP contribution in [0.3, 0.4) is 0 Å². The average Bonchev–Trinajstić information content (AvgIpc) is 0. The van der Waals surface area contributed by atoms with E-state index in [1.807, 2.05) is 0 Å². The Morgan fingerprint density at radius 2 is 0.800 bits per heavy atom. The summed E-state index contributed by atoms with van der Waals surface area (Å²) in [6.45, 7) is 0. The van der Waals surface area contributed by atoms with Gasteiger partial charge in [0.05, 0.1) is 0 Å². The minimum Gasteiger partial charge on any atom is -0.870 e. The minimum atomic E-state index is 0. The third-order valence-corrected chi connectivity index (χ3v) is 0. The van der Waals surface area contributed by atoms with Crippen molar-refractivity contribution in [2.24, 2.45) is 0 Å². The van der Waals surface area contributed by atoms with Crippen molar-refractivity contribution in [1.29, 1.82) is 0 Å². The van der Waals surface area contributed by atoms with Gasteiger partial charge in [0, 0.05) is 23.9 Å². The molecule has 4 radical (unpaired) electrons. The van der Waals surface area contributed by atoms with Crippen LogP contribution in [0.2, 0.25) is 0 Å². The molecular formula is H4MgO3Sn. The molecule has 0 rings (SSSR count). The maximum absolute atomic E-state index is 0. The number of rotatable bonds is 0. The second kappa shape index (κ2) is 51.5. The van der Waals surface area contributed by atoms with Crippen LogP contribution in [0, 0.1) is 0 Å². The topological polar surface area (TPSA) is 91.5 Å². The summed E-state index contributed by atoms with van der Waals surface area (Å²) in [7, 11) is 0. The van der Waals surface area contributed by atoms with Crippen LogP contribution in [0.5, 0.6) is 0 Å². The number of hydrogen-bond donors (Lipinski definition) is 0. The minimum absolute atomic E-state index is 0. The molecule has 5 heavy (non-hydrogen) atoms. The maximum Gasteiger partial charge on any atom is 2.00 e. The van der Waals surface area contributed by atoms with Crippen LogP contribution in [-0.2, 0) is 0 Å². The van der Waals surface area contributed by atoms with E-state index in [1.54, 1.807) is 0 Å². The van der Waals surface area contributed by atoms with Gasteiger partial charge >= 0.3 is 23.1 Å². The van der Waals surface area contributed by atoms with Crippen molar-refractivity contribution in [3.05, 3.63) is 0 Å². The van der Waals surface area contributed by atoms with E-state index in [0.717, 1.165) is 0 Å². The molecule has 0 aromatic carbocycles. The van der Waals surface area contributed by atoms with Gasteiger partial charge in [0.15, 0.2) is 0 Å². The first kappa shape index (κ1) is 91.5. The van der Waals surface area contributed by atoms with E-state index in [-0.39, 0.29) is 63.4 Å². The normalized spacial score (nSPS) is 0. The van der Waals surface area contributed by atoms with Crippen molar-refractivity contribution in [3.8, 4) is 0 Å². The first-order valence-corrected chi connectivity index (χ1v) is 0. The Bertz CT molecular complexity index is 6.85. The Kier molecular flexibility index (Phi) is 943. The van der Waals surface area contributed by atoms with E-state index in [9.17, 15) is 0 Å². The van der Waals surface area contributed by atoms with E-state index in [0.29, 0.717) is 0 Å². The summed E-state index contributed by atoms with van der Waals surface area (Å²) in [6, 6.07) is 0. The zero-order valence-corrected chi connectivity index (χ0v) is 6.87. The Hall–Kier alpha value is 1.44. The predicted octanol–water partition coefficient (Wildman–Crippen LogP) is -1.94. The van der Waals surface area contributed by atoms with Crippen molar-refractivity contribution in [3.63, 3.8) is 0 Å². The first-order valence-electron chi connectivity index (χ1n) is 0. The van der Waals surface area contributed by atoms with Crippen molar-refractivity contribution >= 4 is 47.0 Å². The molecule has 0 aromatic heterocycles. The van der Waals surface area contributed by atoms with Crippen LogP contribution in [-0.4, -0.2) is 63.4 Å². The Morgan fingerprint density at radius 1 is 0.800 bits per heavy atom. The molecule has 5 heteroatoms. The van der Waals surface area contributed by atoms with Crippen LogP contribution in [0.15, 0.2) is 0 Å². The molecule has 0 saturated heterocycles. The van der Waals surface area contributed by atoms with E-state index in [1.165, 1.54) is 0 Å². The van der Waals surface area contributed by atoms with Crippen molar-refractivity contribution in [2.45, 2.75) is 0 Å².